The minimum atomic E-state index is -0.323. The van der Waals surface area contributed by atoms with Gasteiger partial charge in [-0.1, -0.05) is 6.92 Å². The molecule has 0 spiro atoms. The standard InChI is InChI=1S/C16H16ClFO2/c1-2-9-19-14-4-6-15(7-5-14)20-16-8-3-13(18)10-12(16)11-17/h3-8,10H,2,9,11H2,1H3. The molecule has 106 valence electrons. The molecule has 0 fully saturated rings. The zero-order valence-electron chi connectivity index (χ0n) is 11.2. The summed E-state index contributed by atoms with van der Waals surface area (Å²) in [6.07, 6.45) is 0.965. The van der Waals surface area contributed by atoms with E-state index in [2.05, 4.69) is 6.92 Å². The fraction of sp³-hybridized carbons (Fsp3) is 0.250. The molecule has 2 rings (SSSR count). The summed E-state index contributed by atoms with van der Waals surface area (Å²) >= 11 is 5.79. The second-order valence-electron chi connectivity index (χ2n) is 4.31. The third kappa shape index (κ3) is 3.87. The maximum Gasteiger partial charge on any atom is 0.132 e. The maximum absolute atomic E-state index is 13.1. The Bertz CT molecular complexity index is 555. The number of alkyl halides is 1. The molecule has 4 heteroatoms. The Morgan fingerprint density at radius 3 is 2.40 bits per heavy atom. The van der Waals surface area contributed by atoms with Gasteiger partial charge in [-0.25, -0.2) is 4.39 Å². The van der Waals surface area contributed by atoms with Crippen LogP contribution < -0.4 is 9.47 Å². The van der Waals surface area contributed by atoms with Crippen LogP contribution in [0.15, 0.2) is 42.5 Å². The highest BCUT2D eigenvalue weighted by Gasteiger charge is 2.06. The highest BCUT2D eigenvalue weighted by Crippen LogP contribution is 2.28. The van der Waals surface area contributed by atoms with Crippen LogP contribution in [-0.2, 0) is 5.88 Å². The molecule has 0 aliphatic rings. The summed E-state index contributed by atoms with van der Waals surface area (Å²) in [5.74, 6) is 1.90. The number of rotatable bonds is 6. The lowest BCUT2D eigenvalue weighted by molar-refractivity contribution is 0.317. The summed E-state index contributed by atoms with van der Waals surface area (Å²) in [5, 5.41) is 0. The van der Waals surface area contributed by atoms with Crippen LogP contribution in [0.3, 0.4) is 0 Å². The second kappa shape index (κ2) is 7.15. The summed E-state index contributed by atoms with van der Waals surface area (Å²) in [4.78, 5) is 0. The number of hydrogen-bond acceptors (Lipinski definition) is 2. The van der Waals surface area contributed by atoms with E-state index in [0.717, 1.165) is 12.2 Å². The molecule has 0 aromatic heterocycles. The van der Waals surface area contributed by atoms with Crippen molar-refractivity contribution in [3.05, 3.63) is 53.8 Å². The van der Waals surface area contributed by atoms with Crippen molar-refractivity contribution in [3.8, 4) is 17.2 Å². The third-order valence-corrected chi connectivity index (χ3v) is 2.98. The molecule has 0 amide bonds. The van der Waals surface area contributed by atoms with Crippen molar-refractivity contribution in [2.45, 2.75) is 19.2 Å². The molecule has 2 aromatic carbocycles. The molecule has 0 saturated heterocycles. The van der Waals surface area contributed by atoms with Gasteiger partial charge in [0, 0.05) is 5.56 Å². The van der Waals surface area contributed by atoms with E-state index in [0.29, 0.717) is 23.7 Å². The van der Waals surface area contributed by atoms with Crippen LogP contribution in [0.1, 0.15) is 18.9 Å². The predicted molar refractivity (Wildman–Crippen MR) is 78.3 cm³/mol. The first kappa shape index (κ1) is 14.7. The van der Waals surface area contributed by atoms with Gasteiger partial charge in [-0.05, 0) is 48.9 Å². The molecule has 0 heterocycles. The molecule has 2 aromatic rings. The largest absolute Gasteiger partial charge is 0.494 e. The van der Waals surface area contributed by atoms with E-state index in [-0.39, 0.29) is 11.7 Å². The molecular formula is C16H16ClFO2. The van der Waals surface area contributed by atoms with Crippen molar-refractivity contribution in [2.24, 2.45) is 0 Å². The molecule has 20 heavy (non-hydrogen) atoms. The topological polar surface area (TPSA) is 18.5 Å². The van der Waals surface area contributed by atoms with Crippen molar-refractivity contribution in [3.63, 3.8) is 0 Å². The zero-order valence-corrected chi connectivity index (χ0v) is 12.0. The zero-order chi connectivity index (χ0) is 14.4. The van der Waals surface area contributed by atoms with Gasteiger partial charge in [0.15, 0.2) is 0 Å². The first-order valence-electron chi connectivity index (χ1n) is 6.48. The van der Waals surface area contributed by atoms with E-state index in [1.165, 1.54) is 12.1 Å². The van der Waals surface area contributed by atoms with Crippen LogP contribution >= 0.6 is 11.6 Å². The summed E-state index contributed by atoms with van der Waals surface area (Å²) < 4.78 is 24.3. The molecule has 2 nitrogen and oxygen atoms in total. The van der Waals surface area contributed by atoms with E-state index in [1.54, 1.807) is 6.07 Å². The number of hydrogen-bond donors (Lipinski definition) is 0. The Balaban J connectivity index is 2.10. The molecular weight excluding hydrogens is 279 g/mol. The summed E-state index contributed by atoms with van der Waals surface area (Å²) in [7, 11) is 0. The third-order valence-electron chi connectivity index (χ3n) is 2.69. The summed E-state index contributed by atoms with van der Waals surface area (Å²) in [6.45, 7) is 2.74. The predicted octanol–water partition coefficient (Wildman–Crippen LogP) is 5.15. The molecule has 0 bridgehead atoms. The lowest BCUT2D eigenvalue weighted by atomic mass is 10.2. The molecule has 0 aliphatic carbocycles. The fourth-order valence-electron chi connectivity index (χ4n) is 1.70. The minimum Gasteiger partial charge on any atom is -0.494 e. The van der Waals surface area contributed by atoms with Crippen molar-refractivity contribution < 1.29 is 13.9 Å². The summed E-state index contributed by atoms with van der Waals surface area (Å²) in [5.41, 5.74) is 0.623. The number of benzene rings is 2. The Morgan fingerprint density at radius 1 is 1.05 bits per heavy atom. The van der Waals surface area contributed by atoms with E-state index in [9.17, 15) is 4.39 Å². The average molecular weight is 295 g/mol. The average Bonchev–Trinajstić information content (AvgIpc) is 2.48. The van der Waals surface area contributed by atoms with Gasteiger partial charge < -0.3 is 9.47 Å². The van der Waals surface area contributed by atoms with Gasteiger partial charge in [0.05, 0.1) is 12.5 Å². The molecule has 0 atom stereocenters. The Hall–Kier alpha value is -1.74. The van der Waals surface area contributed by atoms with E-state index >= 15 is 0 Å². The van der Waals surface area contributed by atoms with E-state index in [1.807, 2.05) is 24.3 Å². The van der Waals surface area contributed by atoms with Gasteiger partial charge in [-0.2, -0.15) is 0 Å². The fourth-order valence-corrected chi connectivity index (χ4v) is 1.91. The van der Waals surface area contributed by atoms with Crippen LogP contribution in [0, 0.1) is 5.82 Å². The van der Waals surface area contributed by atoms with Crippen molar-refractivity contribution in [1.29, 1.82) is 0 Å². The van der Waals surface area contributed by atoms with Crippen LogP contribution in [0.2, 0.25) is 0 Å². The molecule has 0 radical (unpaired) electrons. The monoisotopic (exact) mass is 294 g/mol. The SMILES string of the molecule is CCCOc1ccc(Oc2ccc(F)cc2CCl)cc1. The number of ether oxygens (including phenoxy) is 2. The van der Waals surface area contributed by atoms with Crippen LogP contribution in [-0.4, -0.2) is 6.61 Å². The van der Waals surface area contributed by atoms with Crippen molar-refractivity contribution in [1.82, 2.24) is 0 Å². The summed E-state index contributed by atoms with van der Waals surface area (Å²) in [6, 6.07) is 11.6. The second-order valence-corrected chi connectivity index (χ2v) is 4.57. The van der Waals surface area contributed by atoms with Crippen LogP contribution in [0.25, 0.3) is 0 Å². The van der Waals surface area contributed by atoms with Crippen LogP contribution in [0.5, 0.6) is 17.2 Å². The van der Waals surface area contributed by atoms with E-state index < -0.39 is 0 Å². The van der Waals surface area contributed by atoms with Gasteiger partial charge in [-0.15, -0.1) is 11.6 Å². The Kier molecular flexibility index (Phi) is 5.24. The first-order valence-corrected chi connectivity index (χ1v) is 7.01. The smallest absolute Gasteiger partial charge is 0.132 e. The van der Waals surface area contributed by atoms with Crippen molar-refractivity contribution >= 4 is 11.6 Å². The maximum atomic E-state index is 13.1. The highest BCUT2D eigenvalue weighted by atomic mass is 35.5. The Labute approximate surface area is 123 Å². The molecule has 0 saturated carbocycles. The van der Waals surface area contributed by atoms with Gasteiger partial charge >= 0.3 is 0 Å². The van der Waals surface area contributed by atoms with E-state index in [4.69, 9.17) is 21.1 Å². The minimum absolute atomic E-state index is 0.199. The Morgan fingerprint density at radius 2 is 1.75 bits per heavy atom. The lowest BCUT2D eigenvalue weighted by Gasteiger charge is -2.10. The molecule has 0 unspecified atom stereocenters. The van der Waals surface area contributed by atoms with Gasteiger partial charge in [0.1, 0.15) is 23.1 Å². The van der Waals surface area contributed by atoms with Crippen LogP contribution in [0.4, 0.5) is 4.39 Å². The molecule has 0 aliphatic heterocycles. The number of halogens is 2. The van der Waals surface area contributed by atoms with Crippen molar-refractivity contribution in [2.75, 3.05) is 6.61 Å². The highest BCUT2D eigenvalue weighted by molar-refractivity contribution is 6.17. The normalized spacial score (nSPS) is 10.3. The first-order chi connectivity index (χ1) is 9.72. The van der Waals surface area contributed by atoms with Gasteiger partial charge in [-0.3, -0.25) is 0 Å². The van der Waals surface area contributed by atoms with Gasteiger partial charge in [0.25, 0.3) is 0 Å². The molecule has 0 N–H and O–H groups in total. The lowest BCUT2D eigenvalue weighted by Crippen LogP contribution is -1.95. The quantitative estimate of drug-likeness (QED) is 0.686. The van der Waals surface area contributed by atoms with Gasteiger partial charge in [0.2, 0.25) is 0 Å².